The molecule has 0 bridgehead atoms. The van der Waals surface area contributed by atoms with Crippen LogP contribution in [-0.2, 0) is 19.7 Å². The smallest absolute Gasteiger partial charge is 0.218 e. The van der Waals surface area contributed by atoms with Gasteiger partial charge in [0.25, 0.3) is 0 Å². The summed E-state index contributed by atoms with van der Waals surface area (Å²) in [5.74, 6) is 0.645. The highest BCUT2D eigenvalue weighted by Crippen LogP contribution is 2.22. The quantitative estimate of drug-likeness (QED) is 0.735. The number of pyridine rings is 1. The van der Waals surface area contributed by atoms with Crippen molar-refractivity contribution < 1.29 is 9.84 Å². The third-order valence-corrected chi connectivity index (χ3v) is 3.88. The first-order valence-electron chi connectivity index (χ1n) is 7.63. The molecule has 0 spiro atoms. The number of benzene rings is 2. The molecule has 118 valence electrons. The average molecular weight is 308 g/mol. The first kappa shape index (κ1) is 15.5. The molecular weight excluding hydrogens is 288 g/mol. The van der Waals surface area contributed by atoms with E-state index in [0.29, 0.717) is 19.0 Å². The number of fused-ring (bicyclic) bond motifs is 1. The fourth-order valence-corrected chi connectivity index (χ4v) is 2.66. The van der Waals surface area contributed by atoms with Crippen LogP contribution in [0.5, 0.6) is 5.88 Å². The molecule has 0 saturated heterocycles. The number of aromatic nitrogens is 1. The van der Waals surface area contributed by atoms with Gasteiger partial charge in [-0.25, -0.2) is 4.98 Å². The molecule has 4 heteroatoms. The second-order valence-electron chi connectivity index (χ2n) is 5.38. The van der Waals surface area contributed by atoms with Crippen LogP contribution in [0.4, 0.5) is 0 Å². The van der Waals surface area contributed by atoms with Crippen LogP contribution in [0.1, 0.15) is 16.7 Å². The molecular formula is C19H20N2O2. The number of aliphatic hydroxyl groups is 1. The van der Waals surface area contributed by atoms with Gasteiger partial charge in [0.15, 0.2) is 0 Å². The van der Waals surface area contributed by atoms with Gasteiger partial charge in [-0.15, -0.1) is 0 Å². The van der Waals surface area contributed by atoms with Crippen molar-refractivity contribution in [2.45, 2.75) is 19.7 Å². The van der Waals surface area contributed by atoms with E-state index in [1.54, 1.807) is 7.11 Å². The summed E-state index contributed by atoms with van der Waals surface area (Å²) in [7, 11) is 1.64. The van der Waals surface area contributed by atoms with Crippen molar-refractivity contribution in [1.82, 2.24) is 10.3 Å². The zero-order valence-corrected chi connectivity index (χ0v) is 13.1. The van der Waals surface area contributed by atoms with Gasteiger partial charge in [-0.1, -0.05) is 42.5 Å². The number of rotatable bonds is 6. The number of ether oxygens (including phenoxy) is 1. The number of para-hydroxylation sites is 1. The summed E-state index contributed by atoms with van der Waals surface area (Å²) in [6.45, 7) is 1.40. The lowest BCUT2D eigenvalue weighted by molar-refractivity contribution is 0.280. The Morgan fingerprint density at radius 3 is 2.43 bits per heavy atom. The van der Waals surface area contributed by atoms with Crippen molar-refractivity contribution in [1.29, 1.82) is 0 Å². The van der Waals surface area contributed by atoms with Crippen molar-refractivity contribution in [3.8, 4) is 5.88 Å². The normalized spacial score (nSPS) is 10.9. The highest BCUT2D eigenvalue weighted by Gasteiger charge is 2.07. The van der Waals surface area contributed by atoms with Crippen LogP contribution in [0.3, 0.4) is 0 Å². The topological polar surface area (TPSA) is 54.4 Å². The first-order valence-corrected chi connectivity index (χ1v) is 7.63. The predicted molar refractivity (Wildman–Crippen MR) is 91.2 cm³/mol. The Bertz CT molecular complexity index is 802. The lowest BCUT2D eigenvalue weighted by Gasteiger charge is -2.12. The molecule has 2 aromatic carbocycles. The first-order chi connectivity index (χ1) is 11.3. The predicted octanol–water partition coefficient (Wildman–Crippen LogP) is 3.03. The Balaban J connectivity index is 1.76. The SMILES string of the molecule is COc1nc2ccccc2cc1CNCc1ccccc1CO. The van der Waals surface area contributed by atoms with Crippen LogP contribution in [0.2, 0.25) is 0 Å². The minimum atomic E-state index is 0.0543. The van der Waals surface area contributed by atoms with Crippen LogP contribution < -0.4 is 10.1 Å². The molecule has 4 nitrogen and oxygen atoms in total. The zero-order valence-electron chi connectivity index (χ0n) is 13.1. The van der Waals surface area contributed by atoms with Gasteiger partial charge in [-0.05, 0) is 23.3 Å². The van der Waals surface area contributed by atoms with E-state index in [0.717, 1.165) is 27.6 Å². The molecule has 0 saturated carbocycles. The van der Waals surface area contributed by atoms with Crippen LogP contribution in [0, 0.1) is 0 Å². The van der Waals surface area contributed by atoms with Gasteiger partial charge in [0, 0.05) is 24.0 Å². The Labute approximate surface area is 135 Å². The van der Waals surface area contributed by atoms with E-state index in [-0.39, 0.29) is 6.61 Å². The molecule has 23 heavy (non-hydrogen) atoms. The van der Waals surface area contributed by atoms with Gasteiger partial charge in [0.05, 0.1) is 19.2 Å². The van der Waals surface area contributed by atoms with Gasteiger partial charge in [0.1, 0.15) is 0 Å². The third-order valence-electron chi connectivity index (χ3n) is 3.88. The van der Waals surface area contributed by atoms with E-state index in [1.807, 2.05) is 48.5 Å². The van der Waals surface area contributed by atoms with Crippen molar-refractivity contribution in [3.05, 3.63) is 71.3 Å². The summed E-state index contributed by atoms with van der Waals surface area (Å²) in [4.78, 5) is 4.55. The highest BCUT2D eigenvalue weighted by molar-refractivity contribution is 5.80. The standard InChI is InChI=1S/C19H20N2O2/c1-23-19-17(10-14-6-4-5-9-18(14)21-19)12-20-11-15-7-2-3-8-16(15)13-22/h2-10,20,22H,11-13H2,1H3. The maximum absolute atomic E-state index is 9.38. The molecule has 0 aliphatic heterocycles. The summed E-state index contributed by atoms with van der Waals surface area (Å²) >= 11 is 0. The van der Waals surface area contributed by atoms with E-state index >= 15 is 0 Å². The van der Waals surface area contributed by atoms with Crippen LogP contribution in [0.15, 0.2) is 54.6 Å². The highest BCUT2D eigenvalue weighted by atomic mass is 16.5. The van der Waals surface area contributed by atoms with E-state index in [4.69, 9.17) is 4.74 Å². The molecule has 2 N–H and O–H groups in total. The number of nitrogens with one attached hydrogen (secondary N) is 1. The van der Waals surface area contributed by atoms with Gasteiger partial charge < -0.3 is 15.2 Å². The molecule has 3 aromatic rings. The molecule has 0 unspecified atom stereocenters. The van der Waals surface area contributed by atoms with Crippen LogP contribution >= 0.6 is 0 Å². The molecule has 0 aliphatic carbocycles. The fraction of sp³-hybridized carbons (Fsp3) is 0.211. The molecule has 1 heterocycles. The Hall–Kier alpha value is -2.43. The molecule has 0 fully saturated rings. The van der Waals surface area contributed by atoms with Gasteiger partial charge >= 0.3 is 0 Å². The Morgan fingerprint density at radius 2 is 1.65 bits per heavy atom. The number of hydrogen-bond donors (Lipinski definition) is 2. The molecule has 0 atom stereocenters. The number of methoxy groups -OCH3 is 1. The average Bonchev–Trinajstić information content (AvgIpc) is 2.61. The summed E-state index contributed by atoms with van der Waals surface area (Å²) in [5.41, 5.74) is 4.00. The monoisotopic (exact) mass is 308 g/mol. The van der Waals surface area contributed by atoms with Crippen molar-refractivity contribution in [2.24, 2.45) is 0 Å². The molecule has 0 radical (unpaired) electrons. The number of nitrogens with zero attached hydrogens (tertiary/aromatic N) is 1. The van der Waals surface area contributed by atoms with E-state index in [2.05, 4.69) is 16.4 Å². The summed E-state index contributed by atoms with van der Waals surface area (Å²) < 4.78 is 5.41. The van der Waals surface area contributed by atoms with Crippen molar-refractivity contribution in [3.63, 3.8) is 0 Å². The van der Waals surface area contributed by atoms with Gasteiger partial charge in [-0.2, -0.15) is 0 Å². The van der Waals surface area contributed by atoms with E-state index < -0.39 is 0 Å². The van der Waals surface area contributed by atoms with E-state index in [1.165, 1.54) is 0 Å². The van der Waals surface area contributed by atoms with Gasteiger partial charge in [0.2, 0.25) is 5.88 Å². The lowest BCUT2D eigenvalue weighted by Crippen LogP contribution is -2.15. The van der Waals surface area contributed by atoms with Crippen molar-refractivity contribution in [2.75, 3.05) is 7.11 Å². The molecule has 0 amide bonds. The lowest BCUT2D eigenvalue weighted by atomic mass is 10.1. The minimum absolute atomic E-state index is 0.0543. The maximum atomic E-state index is 9.38. The number of hydrogen-bond acceptors (Lipinski definition) is 4. The fourth-order valence-electron chi connectivity index (χ4n) is 2.66. The second-order valence-corrected chi connectivity index (χ2v) is 5.38. The number of aliphatic hydroxyl groups excluding tert-OH is 1. The largest absolute Gasteiger partial charge is 0.481 e. The van der Waals surface area contributed by atoms with Crippen LogP contribution in [-0.4, -0.2) is 17.2 Å². The summed E-state index contributed by atoms with van der Waals surface area (Å²) in [6.07, 6.45) is 0. The zero-order chi connectivity index (χ0) is 16.1. The van der Waals surface area contributed by atoms with Crippen LogP contribution in [0.25, 0.3) is 10.9 Å². The Morgan fingerprint density at radius 1 is 0.957 bits per heavy atom. The molecule has 1 aromatic heterocycles. The summed E-state index contributed by atoms with van der Waals surface area (Å²) in [6, 6.07) is 18.0. The van der Waals surface area contributed by atoms with Gasteiger partial charge in [-0.3, -0.25) is 0 Å². The van der Waals surface area contributed by atoms with E-state index in [9.17, 15) is 5.11 Å². The Kier molecular flexibility index (Phi) is 4.86. The maximum Gasteiger partial charge on any atom is 0.218 e. The second kappa shape index (κ2) is 7.22. The molecule has 3 rings (SSSR count). The minimum Gasteiger partial charge on any atom is -0.481 e. The summed E-state index contributed by atoms with van der Waals surface area (Å²) in [5, 5.41) is 13.9. The third kappa shape index (κ3) is 3.50. The van der Waals surface area contributed by atoms with Crippen molar-refractivity contribution >= 4 is 10.9 Å². The molecule has 0 aliphatic rings.